The van der Waals surface area contributed by atoms with E-state index in [0.717, 1.165) is 16.7 Å². The fourth-order valence-corrected chi connectivity index (χ4v) is 5.08. The molecule has 0 radical (unpaired) electrons. The maximum Gasteiger partial charge on any atom is 0.237 e. The first-order valence-corrected chi connectivity index (χ1v) is 12.3. The Labute approximate surface area is 213 Å². The highest BCUT2D eigenvalue weighted by molar-refractivity contribution is 6.33. The topological polar surface area (TPSA) is 101 Å². The molecular weight excluding hydrogens is 481 g/mol. The van der Waals surface area contributed by atoms with E-state index in [1.807, 2.05) is 38.1 Å². The van der Waals surface area contributed by atoms with Crippen LogP contribution in [-0.4, -0.2) is 50.7 Å². The number of rotatable bonds is 6. The normalized spacial score (nSPS) is 15.4. The number of aromatic nitrogens is 4. The molecule has 0 spiro atoms. The minimum atomic E-state index is -0.725. The Morgan fingerprint density at radius 1 is 1.14 bits per heavy atom. The number of benzene rings is 2. The van der Waals surface area contributed by atoms with Crippen LogP contribution in [0.5, 0.6) is 0 Å². The molecule has 0 bridgehead atoms. The lowest BCUT2D eigenvalue weighted by molar-refractivity contribution is -0.125. The molecule has 3 N–H and O–H groups in total. The molecule has 1 aliphatic rings. The summed E-state index contributed by atoms with van der Waals surface area (Å²) < 4.78 is 15.5. The van der Waals surface area contributed by atoms with E-state index in [-0.39, 0.29) is 11.7 Å². The van der Waals surface area contributed by atoms with Crippen LogP contribution in [0.4, 0.5) is 10.3 Å². The fraction of sp³-hybridized carbons (Fsp3) is 0.308. The number of halogens is 2. The predicted molar refractivity (Wildman–Crippen MR) is 138 cm³/mol. The van der Waals surface area contributed by atoms with Crippen LogP contribution >= 0.6 is 11.6 Å². The summed E-state index contributed by atoms with van der Waals surface area (Å²) in [6, 6.07) is 13.7. The number of carbonyl (C=O) groups excluding carboxylic acids is 1. The number of nitrogens with two attached hydrogens (primary N) is 1. The molecule has 10 heteroatoms. The van der Waals surface area contributed by atoms with E-state index in [1.54, 1.807) is 16.6 Å². The largest absolute Gasteiger partial charge is 0.368 e. The molecule has 0 unspecified atom stereocenters. The number of fused-ring (bicyclic) bond motifs is 1. The fourth-order valence-electron chi connectivity index (χ4n) is 4.85. The van der Waals surface area contributed by atoms with Crippen molar-refractivity contribution in [3.05, 3.63) is 65.2 Å². The van der Waals surface area contributed by atoms with Gasteiger partial charge in [-0.25, -0.2) is 4.39 Å². The number of anilines is 1. The van der Waals surface area contributed by atoms with Crippen LogP contribution in [0, 0.1) is 12.7 Å². The monoisotopic (exact) mass is 507 g/mol. The third-order valence-electron chi connectivity index (χ3n) is 6.78. The van der Waals surface area contributed by atoms with Crippen LogP contribution < -0.4 is 16.0 Å². The molecular formula is C26H27ClFN7O. The highest BCUT2D eigenvalue weighted by Crippen LogP contribution is 2.38. The number of piperidine rings is 1. The van der Waals surface area contributed by atoms with Crippen molar-refractivity contribution < 1.29 is 9.18 Å². The van der Waals surface area contributed by atoms with Crippen molar-refractivity contribution in [1.82, 2.24) is 24.9 Å². The lowest BCUT2D eigenvalue weighted by Gasteiger charge is -2.40. The molecule has 0 aliphatic carbocycles. The maximum atomic E-state index is 13.8. The zero-order chi connectivity index (χ0) is 25.4. The van der Waals surface area contributed by atoms with Gasteiger partial charge in [0.25, 0.3) is 0 Å². The molecule has 0 atom stereocenters. The molecule has 1 aliphatic heterocycles. The average Bonchev–Trinajstić information content (AvgIpc) is 3.25. The number of likely N-dealkylation sites (N-methyl/N-ethyl adjacent to an activating group) is 1. The lowest BCUT2D eigenvalue weighted by Crippen LogP contribution is -2.61. The van der Waals surface area contributed by atoms with Gasteiger partial charge in [0.2, 0.25) is 11.9 Å². The summed E-state index contributed by atoms with van der Waals surface area (Å²) >= 11 is 6.54. The van der Waals surface area contributed by atoms with Gasteiger partial charge < -0.3 is 16.0 Å². The first-order valence-electron chi connectivity index (χ1n) is 11.9. The standard InChI is InChI=1S/C26H27ClFN7O/c1-3-30-26(24(29)36)12-14-34(15-13-26)25-31-16(2)35-23(32-25)21(17-8-10-18(28)11-9-17)22(33-35)19-6-4-5-7-20(19)27/h4-11,30H,3,12-15H2,1-2H3,(H2,29,36). The second-order valence-corrected chi connectivity index (χ2v) is 9.39. The smallest absolute Gasteiger partial charge is 0.237 e. The molecule has 1 saturated heterocycles. The molecule has 36 heavy (non-hydrogen) atoms. The number of hydrogen-bond acceptors (Lipinski definition) is 6. The molecule has 8 nitrogen and oxygen atoms in total. The number of hydrogen-bond donors (Lipinski definition) is 2. The third kappa shape index (κ3) is 4.18. The van der Waals surface area contributed by atoms with E-state index >= 15 is 0 Å². The Bertz CT molecular complexity index is 1430. The van der Waals surface area contributed by atoms with Crippen LogP contribution in [-0.2, 0) is 4.79 Å². The molecule has 0 saturated carbocycles. The van der Waals surface area contributed by atoms with Crippen LogP contribution in [0.25, 0.3) is 28.0 Å². The number of aryl methyl sites for hydroxylation is 1. The number of carbonyl (C=O) groups is 1. The molecule has 1 amide bonds. The number of nitrogens with zero attached hydrogens (tertiary/aromatic N) is 5. The molecule has 2 aromatic heterocycles. The highest BCUT2D eigenvalue weighted by Gasteiger charge is 2.39. The van der Waals surface area contributed by atoms with Gasteiger partial charge in [-0.3, -0.25) is 4.79 Å². The number of nitrogens with one attached hydrogen (secondary N) is 1. The van der Waals surface area contributed by atoms with E-state index in [4.69, 9.17) is 32.4 Å². The summed E-state index contributed by atoms with van der Waals surface area (Å²) in [5, 5.41) is 8.65. The molecule has 186 valence electrons. The number of primary amides is 1. The summed E-state index contributed by atoms with van der Waals surface area (Å²) in [5.41, 5.74) is 8.50. The van der Waals surface area contributed by atoms with Crippen LogP contribution in [0.15, 0.2) is 48.5 Å². The summed E-state index contributed by atoms with van der Waals surface area (Å²) in [5.74, 6) is 0.530. The lowest BCUT2D eigenvalue weighted by atomic mass is 9.86. The minimum Gasteiger partial charge on any atom is -0.368 e. The summed E-state index contributed by atoms with van der Waals surface area (Å²) in [7, 11) is 0. The van der Waals surface area contributed by atoms with Crippen molar-refractivity contribution in [3.8, 4) is 22.4 Å². The van der Waals surface area contributed by atoms with Crippen molar-refractivity contribution in [2.45, 2.75) is 32.2 Å². The molecule has 2 aromatic carbocycles. The van der Waals surface area contributed by atoms with Gasteiger partial charge in [-0.1, -0.05) is 48.9 Å². The second-order valence-electron chi connectivity index (χ2n) is 8.98. The van der Waals surface area contributed by atoms with Crippen LogP contribution in [0.1, 0.15) is 25.6 Å². The summed E-state index contributed by atoms with van der Waals surface area (Å²) in [6.07, 6.45) is 1.11. The van der Waals surface area contributed by atoms with Gasteiger partial charge in [0.1, 0.15) is 22.9 Å². The second kappa shape index (κ2) is 9.48. The van der Waals surface area contributed by atoms with Gasteiger partial charge in [0, 0.05) is 18.7 Å². The van der Waals surface area contributed by atoms with Crippen molar-refractivity contribution in [2.75, 3.05) is 24.5 Å². The molecule has 4 aromatic rings. The van der Waals surface area contributed by atoms with Crippen molar-refractivity contribution in [3.63, 3.8) is 0 Å². The van der Waals surface area contributed by atoms with E-state index in [0.29, 0.717) is 60.6 Å². The highest BCUT2D eigenvalue weighted by atomic mass is 35.5. The summed E-state index contributed by atoms with van der Waals surface area (Å²) in [4.78, 5) is 23.9. The van der Waals surface area contributed by atoms with E-state index < -0.39 is 5.54 Å². The average molecular weight is 508 g/mol. The van der Waals surface area contributed by atoms with Gasteiger partial charge >= 0.3 is 0 Å². The van der Waals surface area contributed by atoms with E-state index in [2.05, 4.69) is 10.2 Å². The Hall–Kier alpha value is -3.56. The SMILES string of the molecule is CCNC1(C(N)=O)CCN(c2nc(C)n3nc(-c4ccccc4Cl)c(-c4ccc(F)cc4)c3n2)CC1. The Kier molecular flexibility index (Phi) is 6.36. The Morgan fingerprint density at radius 3 is 2.47 bits per heavy atom. The van der Waals surface area contributed by atoms with Gasteiger partial charge in [-0.05, 0) is 50.1 Å². The predicted octanol–water partition coefficient (Wildman–Crippen LogP) is 3.99. The maximum absolute atomic E-state index is 13.8. The van der Waals surface area contributed by atoms with Gasteiger partial charge in [-0.15, -0.1) is 0 Å². The number of amides is 1. The first-order chi connectivity index (χ1) is 17.3. The molecule has 1 fully saturated rings. The summed E-state index contributed by atoms with van der Waals surface area (Å²) in [6.45, 7) is 5.63. The first kappa shape index (κ1) is 24.1. The van der Waals surface area contributed by atoms with Gasteiger partial charge in [-0.2, -0.15) is 19.6 Å². The van der Waals surface area contributed by atoms with Crippen molar-refractivity contribution in [1.29, 1.82) is 0 Å². The van der Waals surface area contributed by atoms with E-state index in [9.17, 15) is 9.18 Å². The van der Waals surface area contributed by atoms with Gasteiger partial charge in [0.15, 0.2) is 5.65 Å². The molecule has 3 heterocycles. The zero-order valence-electron chi connectivity index (χ0n) is 20.1. The van der Waals surface area contributed by atoms with E-state index in [1.165, 1.54) is 12.1 Å². The zero-order valence-corrected chi connectivity index (χ0v) is 20.9. The van der Waals surface area contributed by atoms with Crippen LogP contribution in [0.2, 0.25) is 5.02 Å². The van der Waals surface area contributed by atoms with Crippen molar-refractivity contribution >= 4 is 29.1 Å². The Morgan fingerprint density at radius 2 is 1.83 bits per heavy atom. The Balaban J connectivity index is 1.63. The third-order valence-corrected chi connectivity index (χ3v) is 7.11. The molecule has 5 rings (SSSR count). The quantitative estimate of drug-likeness (QED) is 0.409. The van der Waals surface area contributed by atoms with Gasteiger partial charge in [0.05, 0.1) is 10.6 Å². The minimum absolute atomic E-state index is 0.326. The van der Waals surface area contributed by atoms with Crippen LogP contribution in [0.3, 0.4) is 0 Å². The van der Waals surface area contributed by atoms with Crippen molar-refractivity contribution in [2.24, 2.45) is 5.73 Å².